The lowest BCUT2D eigenvalue weighted by atomic mass is 9.99. The van der Waals surface area contributed by atoms with Gasteiger partial charge in [-0.2, -0.15) is 4.98 Å². The van der Waals surface area contributed by atoms with Crippen LogP contribution < -0.4 is 10.2 Å². The van der Waals surface area contributed by atoms with E-state index in [4.69, 9.17) is 0 Å². The molecule has 0 bridgehead atoms. The van der Waals surface area contributed by atoms with E-state index in [0.717, 1.165) is 25.1 Å². The third-order valence-corrected chi connectivity index (χ3v) is 3.67. The molecule has 4 nitrogen and oxygen atoms in total. The van der Waals surface area contributed by atoms with Crippen LogP contribution in [0.1, 0.15) is 24.5 Å². The Balaban J connectivity index is 2.04. The Morgan fingerprint density at radius 1 is 1.38 bits per heavy atom. The van der Waals surface area contributed by atoms with Crippen LogP contribution in [0.15, 0.2) is 24.4 Å². The van der Waals surface area contributed by atoms with Crippen LogP contribution in [0.25, 0.3) is 0 Å². The van der Waals surface area contributed by atoms with E-state index in [1.54, 1.807) is 0 Å². The van der Waals surface area contributed by atoms with Crippen LogP contribution in [0, 0.1) is 12.7 Å². The number of hydrogen-bond donors (Lipinski definition) is 1. The summed E-state index contributed by atoms with van der Waals surface area (Å²) in [4.78, 5) is 10.3. The van der Waals surface area contributed by atoms with E-state index in [1.165, 1.54) is 17.3 Å². The van der Waals surface area contributed by atoms with Crippen LogP contribution in [0.5, 0.6) is 0 Å². The molecule has 1 aromatic carbocycles. The van der Waals surface area contributed by atoms with Crippen molar-refractivity contribution in [1.82, 2.24) is 9.97 Å². The molecule has 110 valence electrons. The van der Waals surface area contributed by atoms with Crippen molar-refractivity contribution in [2.75, 3.05) is 23.3 Å². The van der Waals surface area contributed by atoms with Crippen LogP contribution >= 0.6 is 0 Å². The largest absolute Gasteiger partial charge is 0.354 e. The molecule has 0 radical (unpaired) electrons. The third-order valence-electron chi connectivity index (χ3n) is 3.67. The zero-order valence-corrected chi connectivity index (χ0v) is 12.4. The van der Waals surface area contributed by atoms with Gasteiger partial charge < -0.3 is 10.2 Å². The van der Waals surface area contributed by atoms with E-state index in [2.05, 4.69) is 40.4 Å². The fraction of sp³-hybridized carbons (Fsp3) is 0.375. The molecule has 2 aromatic rings. The van der Waals surface area contributed by atoms with E-state index in [0.29, 0.717) is 18.3 Å². The SMILES string of the molecule is CCNc1ncc(F)c(N2CCCc3cc(C)ccc32)n1. The van der Waals surface area contributed by atoms with E-state index in [1.807, 2.05) is 11.8 Å². The number of nitrogens with one attached hydrogen (secondary N) is 1. The van der Waals surface area contributed by atoms with Crippen LogP contribution in [-0.2, 0) is 6.42 Å². The number of benzene rings is 1. The van der Waals surface area contributed by atoms with Gasteiger partial charge in [-0.3, -0.25) is 0 Å². The van der Waals surface area contributed by atoms with Crippen LogP contribution in [0.4, 0.5) is 21.8 Å². The Morgan fingerprint density at radius 3 is 3.05 bits per heavy atom. The summed E-state index contributed by atoms with van der Waals surface area (Å²) in [5.74, 6) is 0.434. The summed E-state index contributed by atoms with van der Waals surface area (Å²) in [5.41, 5.74) is 3.53. The molecule has 0 saturated heterocycles. The van der Waals surface area contributed by atoms with Crippen molar-refractivity contribution in [1.29, 1.82) is 0 Å². The van der Waals surface area contributed by atoms with Gasteiger partial charge in [0.25, 0.3) is 0 Å². The molecule has 1 aliphatic heterocycles. The van der Waals surface area contributed by atoms with Gasteiger partial charge >= 0.3 is 0 Å². The van der Waals surface area contributed by atoms with Crippen molar-refractivity contribution in [3.05, 3.63) is 41.3 Å². The Labute approximate surface area is 124 Å². The molecule has 0 spiro atoms. The molecule has 0 atom stereocenters. The predicted molar refractivity (Wildman–Crippen MR) is 82.7 cm³/mol. The number of hydrogen-bond acceptors (Lipinski definition) is 4. The topological polar surface area (TPSA) is 41.1 Å². The molecular formula is C16H19FN4. The molecule has 1 aromatic heterocycles. The first kappa shape index (κ1) is 13.8. The van der Waals surface area contributed by atoms with Gasteiger partial charge in [0.2, 0.25) is 5.95 Å². The summed E-state index contributed by atoms with van der Waals surface area (Å²) in [6.07, 6.45) is 3.26. The number of fused-ring (bicyclic) bond motifs is 1. The van der Waals surface area contributed by atoms with Crippen molar-refractivity contribution in [2.45, 2.75) is 26.7 Å². The highest BCUT2D eigenvalue weighted by atomic mass is 19.1. The van der Waals surface area contributed by atoms with Gasteiger partial charge in [-0.1, -0.05) is 17.7 Å². The number of aromatic nitrogens is 2. The van der Waals surface area contributed by atoms with Crippen molar-refractivity contribution >= 4 is 17.5 Å². The quantitative estimate of drug-likeness (QED) is 0.938. The van der Waals surface area contributed by atoms with Crippen LogP contribution in [-0.4, -0.2) is 23.1 Å². The summed E-state index contributed by atoms with van der Waals surface area (Å²) >= 11 is 0. The van der Waals surface area contributed by atoms with Gasteiger partial charge in [0.05, 0.1) is 6.20 Å². The lowest BCUT2D eigenvalue weighted by Crippen LogP contribution is -2.26. The fourth-order valence-corrected chi connectivity index (χ4v) is 2.74. The summed E-state index contributed by atoms with van der Waals surface area (Å²) < 4.78 is 14.2. The monoisotopic (exact) mass is 286 g/mol. The van der Waals surface area contributed by atoms with Crippen LogP contribution in [0.3, 0.4) is 0 Å². The standard InChI is InChI=1S/C16H19FN4/c1-3-18-16-19-10-13(17)15(20-16)21-8-4-5-12-9-11(2)6-7-14(12)21/h6-7,9-10H,3-5,8H2,1-2H3,(H,18,19,20). The zero-order valence-electron chi connectivity index (χ0n) is 12.4. The van der Waals surface area contributed by atoms with Crippen molar-refractivity contribution < 1.29 is 4.39 Å². The Hall–Kier alpha value is -2.17. The smallest absolute Gasteiger partial charge is 0.224 e. The van der Waals surface area contributed by atoms with Crippen molar-refractivity contribution in [3.8, 4) is 0 Å². The lowest BCUT2D eigenvalue weighted by Gasteiger charge is -2.31. The normalized spacial score (nSPS) is 14.0. The molecule has 0 aliphatic carbocycles. The average molecular weight is 286 g/mol. The first-order valence-electron chi connectivity index (χ1n) is 7.32. The second-order valence-corrected chi connectivity index (χ2v) is 5.28. The Kier molecular flexibility index (Phi) is 3.73. The van der Waals surface area contributed by atoms with E-state index in [9.17, 15) is 4.39 Å². The lowest BCUT2D eigenvalue weighted by molar-refractivity contribution is 0.606. The molecule has 2 heterocycles. The van der Waals surface area contributed by atoms with Gasteiger partial charge in [-0.25, -0.2) is 9.37 Å². The molecule has 5 heteroatoms. The second kappa shape index (κ2) is 5.68. The molecule has 1 aliphatic rings. The molecule has 0 fully saturated rings. The number of rotatable bonds is 3. The van der Waals surface area contributed by atoms with E-state index in [-0.39, 0.29) is 5.82 Å². The summed E-state index contributed by atoms with van der Waals surface area (Å²) in [5, 5.41) is 3.03. The highest BCUT2D eigenvalue weighted by molar-refractivity contribution is 5.66. The molecule has 0 saturated carbocycles. The Bertz CT molecular complexity index is 657. The van der Waals surface area contributed by atoms with E-state index < -0.39 is 0 Å². The summed E-state index contributed by atoms with van der Waals surface area (Å²) in [6, 6.07) is 6.28. The van der Waals surface area contributed by atoms with Crippen LogP contribution in [0.2, 0.25) is 0 Å². The number of aryl methyl sites for hydroxylation is 2. The second-order valence-electron chi connectivity index (χ2n) is 5.28. The van der Waals surface area contributed by atoms with Gasteiger partial charge in [0.15, 0.2) is 11.6 Å². The van der Waals surface area contributed by atoms with Crippen molar-refractivity contribution in [2.24, 2.45) is 0 Å². The Morgan fingerprint density at radius 2 is 2.24 bits per heavy atom. The number of anilines is 3. The van der Waals surface area contributed by atoms with Crippen molar-refractivity contribution in [3.63, 3.8) is 0 Å². The molecule has 3 rings (SSSR count). The summed E-state index contributed by atoms with van der Waals surface area (Å²) in [6.45, 7) is 5.52. The minimum absolute atomic E-state index is 0.353. The molecule has 1 N–H and O–H groups in total. The highest BCUT2D eigenvalue weighted by Crippen LogP contribution is 2.34. The van der Waals surface area contributed by atoms with E-state index >= 15 is 0 Å². The maximum absolute atomic E-state index is 14.2. The minimum Gasteiger partial charge on any atom is -0.354 e. The van der Waals surface area contributed by atoms with Gasteiger partial charge in [0.1, 0.15) is 0 Å². The van der Waals surface area contributed by atoms with Gasteiger partial charge in [-0.05, 0) is 38.3 Å². The minimum atomic E-state index is -0.384. The zero-order chi connectivity index (χ0) is 14.8. The first-order valence-corrected chi connectivity index (χ1v) is 7.32. The fourth-order valence-electron chi connectivity index (χ4n) is 2.74. The first-order chi connectivity index (χ1) is 10.2. The predicted octanol–water partition coefficient (Wildman–Crippen LogP) is 3.44. The maximum Gasteiger partial charge on any atom is 0.224 e. The van der Waals surface area contributed by atoms with Gasteiger partial charge in [-0.15, -0.1) is 0 Å². The number of halogens is 1. The average Bonchev–Trinajstić information content (AvgIpc) is 2.48. The molecule has 0 amide bonds. The summed E-state index contributed by atoms with van der Waals surface area (Å²) in [7, 11) is 0. The van der Waals surface area contributed by atoms with Gasteiger partial charge in [0, 0.05) is 18.8 Å². The molecular weight excluding hydrogens is 267 g/mol. The maximum atomic E-state index is 14.2. The third kappa shape index (κ3) is 2.68. The molecule has 0 unspecified atom stereocenters. The molecule has 21 heavy (non-hydrogen) atoms. The highest BCUT2D eigenvalue weighted by Gasteiger charge is 2.22. The number of nitrogens with zero attached hydrogens (tertiary/aromatic N) is 3.